The van der Waals surface area contributed by atoms with Gasteiger partial charge in [0.1, 0.15) is 17.2 Å². The maximum Gasteiger partial charge on any atom is 0.315 e. The van der Waals surface area contributed by atoms with Crippen LogP contribution in [0, 0.1) is 0 Å². The fourth-order valence-corrected chi connectivity index (χ4v) is 2.82. The molecular weight excluding hydrogens is 310 g/mol. The summed E-state index contributed by atoms with van der Waals surface area (Å²) in [5, 5.41) is 20.4. The minimum atomic E-state index is -1.26. The number of amides is 2. The second kappa shape index (κ2) is 6.64. The molecule has 2 aromatic rings. The molecule has 2 unspecified atom stereocenters. The lowest BCUT2D eigenvalue weighted by Gasteiger charge is -2.25. The number of hydrogen-bond donors (Lipinski definition) is 3. The Hall–Kier alpha value is -2.35. The number of urea groups is 1. The first-order valence-electron chi connectivity index (χ1n) is 8.24. The molecule has 8 nitrogen and oxygen atoms in total. The normalized spacial score (nSPS) is 19.4. The van der Waals surface area contributed by atoms with Crippen molar-refractivity contribution in [2.45, 2.75) is 51.3 Å². The van der Waals surface area contributed by atoms with E-state index < -0.39 is 5.60 Å². The van der Waals surface area contributed by atoms with Gasteiger partial charge in [-0.05, 0) is 31.9 Å². The first-order valence-corrected chi connectivity index (χ1v) is 8.24. The Morgan fingerprint density at radius 3 is 3.12 bits per heavy atom. The number of hydrogen-bond acceptors (Lipinski definition) is 5. The number of aryl methyl sites for hydroxylation is 2. The first kappa shape index (κ1) is 16.5. The predicted octanol–water partition coefficient (Wildman–Crippen LogP) is 1.48. The molecular formula is C16H23N5O3. The van der Waals surface area contributed by atoms with Crippen molar-refractivity contribution in [3.63, 3.8) is 0 Å². The summed E-state index contributed by atoms with van der Waals surface area (Å²) in [6, 6.07) is 2.86. The summed E-state index contributed by atoms with van der Waals surface area (Å²) in [5.74, 6) is 2.00. The van der Waals surface area contributed by atoms with Gasteiger partial charge in [0.2, 0.25) is 0 Å². The zero-order chi connectivity index (χ0) is 17.2. The Bertz CT molecular complexity index is 693. The molecule has 24 heavy (non-hydrogen) atoms. The van der Waals surface area contributed by atoms with Crippen molar-refractivity contribution < 1.29 is 14.3 Å². The number of rotatable bonds is 5. The van der Waals surface area contributed by atoms with Gasteiger partial charge >= 0.3 is 6.03 Å². The van der Waals surface area contributed by atoms with Crippen LogP contribution >= 0.6 is 0 Å². The van der Waals surface area contributed by atoms with Crippen molar-refractivity contribution in [1.29, 1.82) is 0 Å². The molecule has 2 amide bonds. The number of carbonyl (C=O) groups excluding carboxylic acids is 1. The molecule has 130 valence electrons. The Labute approximate surface area is 140 Å². The Morgan fingerprint density at radius 2 is 2.42 bits per heavy atom. The van der Waals surface area contributed by atoms with Gasteiger partial charge in [-0.25, -0.2) is 14.5 Å². The fraction of sp³-hybridized carbons (Fsp3) is 0.562. The van der Waals surface area contributed by atoms with Crippen LogP contribution in [0.1, 0.15) is 50.1 Å². The molecule has 0 fully saturated rings. The number of aliphatic hydroxyl groups is 1. The highest BCUT2D eigenvalue weighted by Crippen LogP contribution is 2.23. The SMILES string of the molecule is CCc1nc2n(n1)CCCC2NC(=O)NCC(C)(O)c1ccco1. The number of fused-ring (bicyclic) bond motifs is 1. The van der Waals surface area contributed by atoms with E-state index in [1.807, 2.05) is 11.6 Å². The lowest BCUT2D eigenvalue weighted by Crippen LogP contribution is -2.45. The van der Waals surface area contributed by atoms with Gasteiger partial charge in [-0.15, -0.1) is 0 Å². The zero-order valence-corrected chi connectivity index (χ0v) is 14.0. The lowest BCUT2D eigenvalue weighted by atomic mass is 10.0. The highest BCUT2D eigenvalue weighted by atomic mass is 16.4. The fourth-order valence-electron chi connectivity index (χ4n) is 2.82. The van der Waals surface area contributed by atoms with Gasteiger partial charge in [0.15, 0.2) is 5.82 Å². The molecule has 0 saturated carbocycles. The van der Waals surface area contributed by atoms with Crippen molar-refractivity contribution in [2.75, 3.05) is 6.54 Å². The Morgan fingerprint density at radius 1 is 1.58 bits per heavy atom. The summed E-state index contributed by atoms with van der Waals surface area (Å²) in [6.45, 7) is 4.48. The van der Waals surface area contributed by atoms with Gasteiger partial charge in [0, 0.05) is 13.0 Å². The van der Waals surface area contributed by atoms with Crippen LogP contribution in [-0.4, -0.2) is 32.4 Å². The van der Waals surface area contributed by atoms with Gasteiger partial charge in [0.05, 0.1) is 18.8 Å². The van der Waals surface area contributed by atoms with Gasteiger partial charge in [-0.3, -0.25) is 0 Å². The summed E-state index contributed by atoms with van der Waals surface area (Å²) in [5.41, 5.74) is -1.26. The molecule has 3 N–H and O–H groups in total. The molecule has 0 aromatic carbocycles. The molecule has 2 aromatic heterocycles. The molecule has 3 rings (SSSR count). The standard InChI is InChI=1S/C16H23N5O3/c1-3-13-19-14-11(6-4-8-21(14)20-13)18-15(22)17-10-16(2,23)12-7-5-9-24-12/h5,7,9,11,23H,3-4,6,8,10H2,1-2H3,(H2,17,18,22). The van der Waals surface area contributed by atoms with Gasteiger partial charge in [-0.1, -0.05) is 6.92 Å². The van der Waals surface area contributed by atoms with Crippen LogP contribution in [-0.2, 0) is 18.6 Å². The highest BCUT2D eigenvalue weighted by Gasteiger charge is 2.29. The number of aromatic nitrogens is 3. The number of nitrogens with zero attached hydrogens (tertiary/aromatic N) is 3. The van der Waals surface area contributed by atoms with E-state index in [4.69, 9.17) is 4.42 Å². The van der Waals surface area contributed by atoms with E-state index in [0.29, 0.717) is 5.76 Å². The molecule has 0 saturated heterocycles. The van der Waals surface area contributed by atoms with Gasteiger partial charge in [0.25, 0.3) is 0 Å². The Kier molecular flexibility index (Phi) is 4.57. The third kappa shape index (κ3) is 3.43. The van der Waals surface area contributed by atoms with Crippen LogP contribution in [0.25, 0.3) is 0 Å². The maximum atomic E-state index is 12.2. The number of nitrogens with one attached hydrogen (secondary N) is 2. The molecule has 8 heteroatoms. The van der Waals surface area contributed by atoms with E-state index in [1.54, 1.807) is 19.1 Å². The van der Waals surface area contributed by atoms with Crippen molar-refractivity contribution in [1.82, 2.24) is 25.4 Å². The molecule has 0 aliphatic carbocycles. The zero-order valence-electron chi connectivity index (χ0n) is 14.0. The highest BCUT2D eigenvalue weighted by molar-refractivity contribution is 5.74. The van der Waals surface area contributed by atoms with Crippen LogP contribution in [0.2, 0.25) is 0 Å². The third-order valence-electron chi connectivity index (χ3n) is 4.19. The minimum absolute atomic E-state index is 0.0476. The van der Waals surface area contributed by atoms with Crippen LogP contribution in [0.15, 0.2) is 22.8 Å². The summed E-state index contributed by atoms with van der Waals surface area (Å²) in [4.78, 5) is 16.7. The number of carbonyl (C=O) groups is 1. The summed E-state index contributed by atoms with van der Waals surface area (Å²) in [7, 11) is 0. The monoisotopic (exact) mass is 333 g/mol. The van der Waals surface area contributed by atoms with Crippen molar-refractivity contribution in [3.8, 4) is 0 Å². The van der Waals surface area contributed by atoms with Gasteiger partial charge < -0.3 is 20.2 Å². The molecule has 1 aliphatic rings. The van der Waals surface area contributed by atoms with E-state index in [1.165, 1.54) is 6.26 Å². The van der Waals surface area contributed by atoms with E-state index in [9.17, 15) is 9.90 Å². The smallest absolute Gasteiger partial charge is 0.315 e. The second-order valence-electron chi connectivity index (χ2n) is 6.24. The largest absolute Gasteiger partial charge is 0.466 e. The van der Waals surface area contributed by atoms with Gasteiger partial charge in [-0.2, -0.15) is 5.10 Å². The topological polar surface area (TPSA) is 105 Å². The summed E-state index contributed by atoms with van der Waals surface area (Å²) in [6.07, 6.45) is 4.02. The van der Waals surface area contributed by atoms with E-state index in [-0.39, 0.29) is 18.6 Å². The first-order chi connectivity index (χ1) is 11.5. The van der Waals surface area contributed by atoms with Crippen LogP contribution in [0.3, 0.4) is 0 Å². The van der Waals surface area contributed by atoms with Crippen LogP contribution in [0.5, 0.6) is 0 Å². The summed E-state index contributed by atoms with van der Waals surface area (Å²) >= 11 is 0. The molecule has 1 aliphatic heterocycles. The predicted molar refractivity (Wildman–Crippen MR) is 86.2 cm³/mol. The molecule has 2 atom stereocenters. The third-order valence-corrected chi connectivity index (χ3v) is 4.19. The minimum Gasteiger partial charge on any atom is -0.466 e. The van der Waals surface area contributed by atoms with E-state index >= 15 is 0 Å². The summed E-state index contributed by atoms with van der Waals surface area (Å²) < 4.78 is 7.07. The Balaban J connectivity index is 1.59. The number of furan rings is 1. The second-order valence-corrected chi connectivity index (χ2v) is 6.24. The van der Waals surface area contributed by atoms with Crippen molar-refractivity contribution in [3.05, 3.63) is 35.8 Å². The molecule has 0 radical (unpaired) electrons. The van der Waals surface area contributed by atoms with Crippen molar-refractivity contribution >= 4 is 6.03 Å². The lowest BCUT2D eigenvalue weighted by molar-refractivity contribution is 0.0366. The molecule has 0 bridgehead atoms. The van der Waals surface area contributed by atoms with Crippen molar-refractivity contribution in [2.24, 2.45) is 0 Å². The van der Waals surface area contributed by atoms with E-state index in [0.717, 1.165) is 37.5 Å². The quantitative estimate of drug-likeness (QED) is 0.768. The van der Waals surface area contributed by atoms with E-state index in [2.05, 4.69) is 20.7 Å². The van der Waals surface area contributed by atoms with Crippen LogP contribution < -0.4 is 10.6 Å². The average molecular weight is 333 g/mol. The molecule has 0 spiro atoms. The molecule has 3 heterocycles. The maximum absolute atomic E-state index is 12.2. The average Bonchev–Trinajstić information content (AvgIpc) is 3.23. The van der Waals surface area contributed by atoms with Crippen LogP contribution in [0.4, 0.5) is 4.79 Å².